The molecule has 0 saturated carbocycles. The van der Waals surface area contributed by atoms with Crippen LogP contribution >= 0.6 is 11.3 Å². The summed E-state index contributed by atoms with van der Waals surface area (Å²) in [6.45, 7) is 0.360. The molecule has 8 heteroatoms. The minimum Gasteiger partial charge on any atom is -0.454 e. The number of thiophene rings is 1. The summed E-state index contributed by atoms with van der Waals surface area (Å²) in [7, 11) is 7.24. The lowest BCUT2D eigenvalue weighted by Crippen LogP contribution is -2.42. The quantitative estimate of drug-likeness (QED) is 0.790. The second-order valence-electron chi connectivity index (χ2n) is 5.30. The van der Waals surface area contributed by atoms with Crippen LogP contribution in [0.15, 0.2) is 40.7 Å². The lowest BCUT2D eigenvalue weighted by atomic mass is 9.99. The Bertz CT molecular complexity index is 754. The van der Waals surface area contributed by atoms with E-state index in [9.17, 15) is 4.79 Å². The molecule has 0 fully saturated rings. The summed E-state index contributed by atoms with van der Waals surface area (Å²) in [4.78, 5) is 18.1. The van der Waals surface area contributed by atoms with Gasteiger partial charge in [-0.1, -0.05) is 23.7 Å². The van der Waals surface area contributed by atoms with Gasteiger partial charge in [-0.2, -0.15) is 0 Å². The van der Waals surface area contributed by atoms with Crippen LogP contribution in [-0.4, -0.2) is 38.5 Å². The largest absolute Gasteiger partial charge is 0.454 e. The van der Waals surface area contributed by atoms with Crippen LogP contribution in [0.5, 0.6) is 11.5 Å². The Morgan fingerprint density at radius 2 is 2.00 bits per heavy atom. The first-order chi connectivity index (χ1) is 11.5. The van der Waals surface area contributed by atoms with Crippen molar-refractivity contribution < 1.29 is 14.3 Å². The standard InChI is InChI=1S/C9H10BN3OS.C7H6O2/c1-13-8(14)3-6(12-9(13)11)7-2-5(10)4-15-7;1-2-4-7-6(3-1)8-5-9-7/h2,4,6H,3H2,1H3,(H2,11,12);1-4H,5H2. The number of aliphatic imine (C=N–C) groups is 1. The maximum Gasteiger partial charge on any atom is 0.231 e. The fourth-order valence-electron chi connectivity index (χ4n) is 2.27. The highest BCUT2D eigenvalue weighted by atomic mass is 32.1. The third-order valence-electron chi connectivity index (χ3n) is 3.62. The molecule has 24 heavy (non-hydrogen) atoms. The molecule has 2 aliphatic rings. The number of hydrogen-bond donors (Lipinski definition) is 1. The lowest BCUT2D eigenvalue weighted by Gasteiger charge is -2.24. The first kappa shape index (κ1) is 16.4. The van der Waals surface area contributed by atoms with Gasteiger partial charge in [0.1, 0.15) is 7.85 Å². The average molecular weight is 341 g/mol. The Labute approximate surface area is 145 Å². The highest BCUT2D eigenvalue weighted by Gasteiger charge is 2.26. The highest BCUT2D eigenvalue weighted by Crippen LogP contribution is 2.30. The number of hydrogen-bond acceptors (Lipinski definition) is 6. The van der Waals surface area contributed by atoms with Crippen LogP contribution in [0.4, 0.5) is 0 Å². The van der Waals surface area contributed by atoms with Crippen LogP contribution in [0.1, 0.15) is 17.3 Å². The molecule has 0 spiro atoms. The molecule has 122 valence electrons. The zero-order valence-corrected chi connectivity index (χ0v) is 14.0. The van der Waals surface area contributed by atoms with Crippen molar-refractivity contribution >= 4 is 36.5 Å². The fourth-order valence-corrected chi connectivity index (χ4v) is 3.11. The number of ether oxygens (including phenoxy) is 2. The van der Waals surface area contributed by atoms with Crippen molar-refractivity contribution in [1.29, 1.82) is 0 Å². The van der Waals surface area contributed by atoms with E-state index in [-0.39, 0.29) is 17.9 Å². The van der Waals surface area contributed by atoms with Crippen LogP contribution in [0.25, 0.3) is 0 Å². The molecule has 0 bridgehead atoms. The molecule has 6 nitrogen and oxygen atoms in total. The van der Waals surface area contributed by atoms with Crippen molar-refractivity contribution in [2.45, 2.75) is 12.5 Å². The molecular weight excluding hydrogens is 325 g/mol. The van der Waals surface area contributed by atoms with E-state index in [2.05, 4.69) is 4.99 Å². The molecule has 0 saturated heterocycles. The molecule has 0 aliphatic carbocycles. The zero-order chi connectivity index (χ0) is 17.1. The van der Waals surface area contributed by atoms with Gasteiger partial charge in [0, 0.05) is 11.9 Å². The molecule has 3 heterocycles. The number of carbonyl (C=O) groups is 1. The topological polar surface area (TPSA) is 77.2 Å². The molecule has 1 atom stereocenters. The average Bonchev–Trinajstić information content (AvgIpc) is 3.21. The maximum absolute atomic E-state index is 11.5. The normalized spacial score (nSPS) is 18.7. The van der Waals surface area contributed by atoms with Crippen LogP contribution in [-0.2, 0) is 4.79 Å². The number of fused-ring (bicyclic) bond motifs is 1. The lowest BCUT2D eigenvalue weighted by molar-refractivity contribution is -0.127. The Balaban J connectivity index is 0.000000159. The van der Waals surface area contributed by atoms with Gasteiger partial charge in [0.25, 0.3) is 0 Å². The van der Waals surface area contributed by atoms with Crippen molar-refractivity contribution in [3.05, 3.63) is 40.6 Å². The summed E-state index contributed by atoms with van der Waals surface area (Å²) in [5.74, 6) is 1.94. The van der Waals surface area contributed by atoms with E-state index in [0.29, 0.717) is 18.7 Å². The monoisotopic (exact) mass is 341 g/mol. The first-order valence-corrected chi connectivity index (χ1v) is 8.21. The molecule has 2 aliphatic heterocycles. The number of benzene rings is 1. The molecule has 2 aromatic rings. The number of guanidine groups is 1. The van der Waals surface area contributed by atoms with Gasteiger partial charge in [0.2, 0.25) is 12.7 Å². The Morgan fingerprint density at radius 1 is 1.33 bits per heavy atom. The molecular formula is C16H16BN3O3S. The number of carbonyl (C=O) groups excluding carboxylic acids is 1. The van der Waals surface area contributed by atoms with E-state index in [1.807, 2.05) is 35.7 Å². The van der Waals surface area contributed by atoms with Gasteiger partial charge in [-0.15, -0.1) is 11.3 Å². The molecule has 1 aromatic heterocycles. The summed E-state index contributed by atoms with van der Waals surface area (Å²) in [6, 6.07) is 9.30. The summed E-state index contributed by atoms with van der Waals surface area (Å²) >= 11 is 1.50. The van der Waals surface area contributed by atoms with Crippen molar-refractivity contribution in [1.82, 2.24) is 4.90 Å². The third-order valence-corrected chi connectivity index (χ3v) is 4.67. The van der Waals surface area contributed by atoms with Crippen molar-refractivity contribution in [3.8, 4) is 11.5 Å². The molecule has 2 radical (unpaired) electrons. The van der Waals surface area contributed by atoms with Crippen molar-refractivity contribution in [3.63, 3.8) is 0 Å². The van der Waals surface area contributed by atoms with E-state index in [0.717, 1.165) is 16.4 Å². The molecule has 1 aromatic carbocycles. The van der Waals surface area contributed by atoms with E-state index < -0.39 is 0 Å². The van der Waals surface area contributed by atoms with Crippen LogP contribution in [0.2, 0.25) is 0 Å². The van der Waals surface area contributed by atoms with Gasteiger partial charge < -0.3 is 15.2 Å². The Kier molecular flexibility index (Phi) is 4.75. The fraction of sp³-hybridized carbons (Fsp3) is 0.250. The van der Waals surface area contributed by atoms with Gasteiger partial charge in [-0.05, 0) is 17.5 Å². The highest BCUT2D eigenvalue weighted by molar-refractivity contribution is 7.11. The summed E-state index contributed by atoms with van der Waals surface area (Å²) < 4.78 is 10.2. The number of para-hydroxylation sites is 2. The number of nitrogens with two attached hydrogens (primary N) is 1. The second kappa shape index (κ2) is 6.96. The van der Waals surface area contributed by atoms with E-state index in [1.54, 1.807) is 7.05 Å². The maximum atomic E-state index is 11.5. The summed E-state index contributed by atoms with van der Waals surface area (Å²) in [6.07, 6.45) is 0.358. The third kappa shape index (κ3) is 3.54. The molecule has 1 unspecified atom stereocenters. The predicted octanol–water partition coefficient (Wildman–Crippen LogP) is 1.18. The minimum atomic E-state index is -0.170. The van der Waals surface area contributed by atoms with Gasteiger partial charge in [0.05, 0.1) is 12.5 Å². The number of rotatable bonds is 1. The zero-order valence-electron chi connectivity index (χ0n) is 13.1. The molecule has 1 amide bonds. The van der Waals surface area contributed by atoms with Gasteiger partial charge in [-0.25, -0.2) is 4.99 Å². The Morgan fingerprint density at radius 3 is 2.54 bits per heavy atom. The molecule has 4 rings (SSSR count). The van der Waals surface area contributed by atoms with Crippen molar-refractivity contribution in [2.75, 3.05) is 13.8 Å². The van der Waals surface area contributed by atoms with Crippen LogP contribution < -0.4 is 20.7 Å². The number of nitrogens with zero attached hydrogens (tertiary/aromatic N) is 2. The van der Waals surface area contributed by atoms with E-state index in [1.165, 1.54) is 16.2 Å². The van der Waals surface area contributed by atoms with E-state index >= 15 is 0 Å². The Hall–Kier alpha value is -2.48. The smallest absolute Gasteiger partial charge is 0.231 e. The predicted molar refractivity (Wildman–Crippen MR) is 94.0 cm³/mol. The summed E-state index contributed by atoms with van der Waals surface area (Å²) in [5.41, 5.74) is 6.34. The summed E-state index contributed by atoms with van der Waals surface area (Å²) in [5, 5.41) is 1.84. The second-order valence-corrected chi connectivity index (χ2v) is 6.24. The van der Waals surface area contributed by atoms with Gasteiger partial charge in [0.15, 0.2) is 17.5 Å². The van der Waals surface area contributed by atoms with Gasteiger partial charge >= 0.3 is 0 Å². The minimum absolute atomic E-state index is 0.0144. The van der Waals surface area contributed by atoms with Crippen molar-refractivity contribution in [2.24, 2.45) is 10.7 Å². The number of amides is 1. The molecule has 2 N–H and O–H groups in total. The SMILES string of the molecule is [B]c1csc(C2CC(=O)N(C)C(N)=N2)c1.c1ccc2c(c1)OCO2. The van der Waals surface area contributed by atoms with Crippen LogP contribution in [0, 0.1) is 0 Å². The van der Waals surface area contributed by atoms with E-state index in [4.69, 9.17) is 23.1 Å². The first-order valence-electron chi connectivity index (χ1n) is 7.33. The van der Waals surface area contributed by atoms with Crippen LogP contribution in [0.3, 0.4) is 0 Å². The van der Waals surface area contributed by atoms with Gasteiger partial charge in [-0.3, -0.25) is 9.69 Å².